The second kappa shape index (κ2) is 5.44. The van der Waals surface area contributed by atoms with Crippen LogP contribution in [0.2, 0.25) is 0 Å². The molecule has 1 saturated heterocycles. The van der Waals surface area contributed by atoms with Crippen molar-refractivity contribution < 1.29 is 0 Å². The Bertz CT molecular complexity index is 311. The molecule has 2 N–H and O–H groups in total. The number of hydrogen-bond acceptors (Lipinski definition) is 1. The number of nitrogens with zero attached hydrogens (tertiary/aromatic N) is 2. The highest BCUT2D eigenvalue weighted by atomic mass is 15.3. The van der Waals surface area contributed by atoms with Crippen molar-refractivity contribution in [1.29, 1.82) is 0 Å². The summed E-state index contributed by atoms with van der Waals surface area (Å²) in [7, 11) is 0. The third-order valence-corrected chi connectivity index (χ3v) is 3.35. The van der Waals surface area contributed by atoms with E-state index in [9.17, 15) is 0 Å². The SMILES string of the molecule is C#CC(N=C(N)N1CCC(C)CC1)C(C)(C)C. The summed E-state index contributed by atoms with van der Waals surface area (Å²) in [5.74, 6) is 4.13. The maximum absolute atomic E-state index is 6.05. The van der Waals surface area contributed by atoms with E-state index in [1.807, 2.05) is 0 Å². The molecule has 1 aliphatic heterocycles. The van der Waals surface area contributed by atoms with Crippen LogP contribution in [0.15, 0.2) is 4.99 Å². The Kier molecular flexibility index (Phi) is 4.45. The van der Waals surface area contributed by atoms with E-state index in [4.69, 9.17) is 12.2 Å². The molecule has 0 aromatic rings. The summed E-state index contributed by atoms with van der Waals surface area (Å²) in [6, 6.07) is -0.151. The first-order valence-electron chi connectivity index (χ1n) is 6.39. The number of terminal acetylenes is 1. The predicted molar refractivity (Wildman–Crippen MR) is 73.7 cm³/mol. The highest BCUT2D eigenvalue weighted by Gasteiger charge is 2.24. The maximum atomic E-state index is 6.05. The average molecular weight is 235 g/mol. The summed E-state index contributed by atoms with van der Waals surface area (Å²) in [5, 5.41) is 0. The van der Waals surface area contributed by atoms with E-state index in [0.717, 1.165) is 19.0 Å². The van der Waals surface area contributed by atoms with Crippen LogP contribution in [0.25, 0.3) is 0 Å². The van der Waals surface area contributed by atoms with Crippen LogP contribution in [0.4, 0.5) is 0 Å². The van der Waals surface area contributed by atoms with Crippen LogP contribution >= 0.6 is 0 Å². The number of aliphatic imine (C=N–C) groups is 1. The summed E-state index contributed by atoms with van der Waals surface area (Å²) in [6.45, 7) is 10.5. The highest BCUT2D eigenvalue weighted by molar-refractivity contribution is 5.78. The molecule has 0 radical (unpaired) electrons. The first kappa shape index (κ1) is 13.9. The monoisotopic (exact) mass is 235 g/mol. The molecule has 0 spiro atoms. The molecule has 1 aliphatic rings. The number of nitrogens with two attached hydrogens (primary N) is 1. The number of guanidine groups is 1. The molecule has 1 atom stereocenters. The van der Waals surface area contributed by atoms with Gasteiger partial charge in [-0.2, -0.15) is 0 Å². The Morgan fingerprint density at radius 3 is 2.35 bits per heavy atom. The average Bonchev–Trinajstić information content (AvgIpc) is 2.24. The first-order chi connectivity index (χ1) is 7.84. The summed E-state index contributed by atoms with van der Waals surface area (Å²) in [4.78, 5) is 6.65. The lowest BCUT2D eigenvalue weighted by atomic mass is 9.88. The summed E-state index contributed by atoms with van der Waals surface area (Å²) >= 11 is 0. The standard InChI is InChI=1S/C14H25N3/c1-6-12(14(3,4)5)16-13(15)17-9-7-11(2)8-10-17/h1,11-12H,7-10H2,2-5H3,(H2,15,16). The van der Waals surface area contributed by atoms with Gasteiger partial charge in [0.15, 0.2) is 5.96 Å². The van der Waals surface area contributed by atoms with Gasteiger partial charge in [-0.3, -0.25) is 0 Å². The van der Waals surface area contributed by atoms with Crippen LogP contribution in [0.1, 0.15) is 40.5 Å². The van der Waals surface area contributed by atoms with E-state index in [0.29, 0.717) is 5.96 Å². The Labute approximate surface area is 105 Å². The zero-order valence-corrected chi connectivity index (χ0v) is 11.5. The lowest BCUT2D eigenvalue weighted by Crippen LogP contribution is -2.43. The minimum Gasteiger partial charge on any atom is -0.370 e. The van der Waals surface area contributed by atoms with Crippen molar-refractivity contribution in [2.24, 2.45) is 22.1 Å². The van der Waals surface area contributed by atoms with Crippen molar-refractivity contribution in [3.63, 3.8) is 0 Å². The van der Waals surface area contributed by atoms with Gasteiger partial charge in [0.2, 0.25) is 0 Å². The molecule has 3 heteroatoms. The number of hydrogen-bond donors (Lipinski definition) is 1. The second-order valence-corrected chi connectivity index (χ2v) is 6.09. The molecule has 96 valence electrons. The Balaban J connectivity index is 2.68. The van der Waals surface area contributed by atoms with Crippen LogP contribution in [-0.4, -0.2) is 30.0 Å². The van der Waals surface area contributed by atoms with Gasteiger partial charge in [-0.1, -0.05) is 33.6 Å². The van der Waals surface area contributed by atoms with Gasteiger partial charge in [0.05, 0.1) is 0 Å². The van der Waals surface area contributed by atoms with Crippen LogP contribution < -0.4 is 5.73 Å². The molecule has 1 unspecified atom stereocenters. The molecule has 1 rings (SSSR count). The summed E-state index contributed by atoms with van der Waals surface area (Å²) in [6.07, 6.45) is 7.90. The van der Waals surface area contributed by atoms with E-state index < -0.39 is 0 Å². The minimum atomic E-state index is -0.151. The molecular formula is C14H25N3. The smallest absolute Gasteiger partial charge is 0.192 e. The van der Waals surface area contributed by atoms with Crippen molar-refractivity contribution in [2.75, 3.05) is 13.1 Å². The first-order valence-corrected chi connectivity index (χ1v) is 6.39. The zero-order valence-electron chi connectivity index (χ0n) is 11.5. The quantitative estimate of drug-likeness (QED) is 0.429. The molecule has 0 bridgehead atoms. The molecule has 0 aromatic carbocycles. The van der Waals surface area contributed by atoms with E-state index in [-0.39, 0.29) is 11.5 Å². The van der Waals surface area contributed by atoms with Crippen molar-refractivity contribution in [3.05, 3.63) is 0 Å². The van der Waals surface area contributed by atoms with Gasteiger partial charge >= 0.3 is 0 Å². The highest BCUT2D eigenvalue weighted by Crippen LogP contribution is 2.22. The Hall–Kier alpha value is -1.17. The summed E-state index contributed by atoms with van der Waals surface area (Å²) < 4.78 is 0. The maximum Gasteiger partial charge on any atom is 0.192 e. The summed E-state index contributed by atoms with van der Waals surface area (Å²) in [5.41, 5.74) is 6.01. The normalized spacial score (nSPS) is 21.1. The van der Waals surface area contributed by atoms with Crippen molar-refractivity contribution in [1.82, 2.24) is 4.90 Å². The molecule has 0 aromatic heterocycles. The Morgan fingerprint density at radius 2 is 1.94 bits per heavy atom. The predicted octanol–water partition coefficient (Wildman–Crippen LogP) is 2.08. The van der Waals surface area contributed by atoms with Crippen molar-refractivity contribution in [3.8, 4) is 12.3 Å². The van der Waals surface area contributed by atoms with E-state index in [1.54, 1.807) is 0 Å². The lowest BCUT2D eigenvalue weighted by molar-refractivity contribution is 0.274. The molecule has 3 nitrogen and oxygen atoms in total. The van der Waals surface area contributed by atoms with Crippen molar-refractivity contribution >= 4 is 5.96 Å². The van der Waals surface area contributed by atoms with Gasteiger partial charge in [-0.15, -0.1) is 6.42 Å². The number of piperidine rings is 1. The van der Waals surface area contributed by atoms with Gasteiger partial charge in [0.25, 0.3) is 0 Å². The fraction of sp³-hybridized carbons (Fsp3) is 0.786. The molecule has 0 aliphatic carbocycles. The van der Waals surface area contributed by atoms with E-state index >= 15 is 0 Å². The van der Waals surface area contributed by atoms with Crippen LogP contribution in [0.3, 0.4) is 0 Å². The number of likely N-dealkylation sites (tertiary alicyclic amines) is 1. The van der Waals surface area contributed by atoms with Crippen LogP contribution in [0.5, 0.6) is 0 Å². The molecule has 17 heavy (non-hydrogen) atoms. The van der Waals surface area contributed by atoms with E-state index in [2.05, 4.69) is 43.5 Å². The lowest BCUT2D eigenvalue weighted by Gasteiger charge is -2.32. The molecule has 0 amide bonds. The zero-order chi connectivity index (χ0) is 13.1. The fourth-order valence-corrected chi connectivity index (χ4v) is 1.93. The van der Waals surface area contributed by atoms with Crippen LogP contribution in [0, 0.1) is 23.7 Å². The largest absolute Gasteiger partial charge is 0.370 e. The van der Waals surface area contributed by atoms with Gasteiger partial charge < -0.3 is 10.6 Å². The van der Waals surface area contributed by atoms with Crippen LogP contribution in [-0.2, 0) is 0 Å². The molecule has 1 heterocycles. The fourth-order valence-electron chi connectivity index (χ4n) is 1.93. The third-order valence-electron chi connectivity index (χ3n) is 3.35. The molecular weight excluding hydrogens is 210 g/mol. The van der Waals surface area contributed by atoms with Gasteiger partial charge in [-0.25, -0.2) is 4.99 Å². The van der Waals surface area contributed by atoms with Gasteiger partial charge in [0.1, 0.15) is 6.04 Å². The van der Waals surface area contributed by atoms with E-state index in [1.165, 1.54) is 12.8 Å². The molecule has 0 saturated carbocycles. The number of rotatable bonds is 1. The topological polar surface area (TPSA) is 41.6 Å². The molecule has 1 fully saturated rings. The van der Waals surface area contributed by atoms with Crippen molar-refractivity contribution in [2.45, 2.75) is 46.6 Å². The minimum absolute atomic E-state index is 0.0392. The second-order valence-electron chi connectivity index (χ2n) is 6.09. The Morgan fingerprint density at radius 1 is 1.41 bits per heavy atom. The van der Waals surface area contributed by atoms with Gasteiger partial charge in [0, 0.05) is 13.1 Å². The third kappa shape index (κ3) is 3.96. The van der Waals surface area contributed by atoms with Gasteiger partial charge in [-0.05, 0) is 24.2 Å².